The van der Waals surface area contributed by atoms with Crippen LogP contribution >= 0.6 is 0 Å². The minimum Gasteiger partial charge on any atom is -0.366 e. The van der Waals surface area contributed by atoms with Crippen molar-refractivity contribution in [3.8, 4) is 0 Å². The zero-order valence-electron chi connectivity index (χ0n) is 10.9. The van der Waals surface area contributed by atoms with Crippen molar-refractivity contribution < 1.29 is 13.6 Å². The number of amides is 1. The average molecular weight is 290 g/mol. The van der Waals surface area contributed by atoms with Crippen LogP contribution in [0, 0.1) is 11.6 Å². The van der Waals surface area contributed by atoms with E-state index in [0.717, 1.165) is 12.1 Å². The molecule has 5 nitrogen and oxygen atoms in total. The van der Waals surface area contributed by atoms with E-state index in [1.54, 1.807) is 6.08 Å². The van der Waals surface area contributed by atoms with Crippen molar-refractivity contribution in [2.75, 3.05) is 17.2 Å². The topological polar surface area (TPSA) is 66.9 Å². The monoisotopic (exact) mass is 290 g/mol. The summed E-state index contributed by atoms with van der Waals surface area (Å²) in [6.07, 6.45) is 2.87. The number of benzene rings is 1. The van der Waals surface area contributed by atoms with Gasteiger partial charge in [-0.1, -0.05) is 6.08 Å². The fourth-order valence-electron chi connectivity index (χ4n) is 1.52. The van der Waals surface area contributed by atoms with Gasteiger partial charge in [0.05, 0.1) is 0 Å². The second-order valence-electron chi connectivity index (χ2n) is 4.04. The van der Waals surface area contributed by atoms with Gasteiger partial charge in [0.25, 0.3) is 5.91 Å². The Morgan fingerprint density at radius 3 is 2.76 bits per heavy atom. The predicted molar refractivity (Wildman–Crippen MR) is 75.0 cm³/mol. The number of aromatic nitrogens is 2. The third kappa shape index (κ3) is 3.82. The quantitative estimate of drug-likeness (QED) is 0.831. The molecule has 7 heteroatoms. The molecule has 0 fully saturated rings. The lowest BCUT2D eigenvalue weighted by Gasteiger charge is -2.06. The molecule has 0 spiro atoms. The van der Waals surface area contributed by atoms with Crippen molar-refractivity contribution in [1.82, 2.24) is 9.97 Å². The van der Waals surface area contributed by atoms with Gasteiger partial charge in [0.2, 0.25) is 0 Å². The Morgan fingerprint density at radius 2 is 2.05 bits per heavy atom. The van der Waals surface area contributed by atoms with Crippen molar-refractivity contribution in [3.63, 3.8) is 0 Å². The summed E-state index contributed by atoms with van der Waals surface area (Å²) in [6.45, 7) is 4.04. The van der Waals surface area contributed by atoms with Gasteiger partial charge in [0.15, 0.2) is 11.6 Å². The summed E-state index contributed by atoms with van der Waals surface area (Å²) in [5, 5.41) is 5.34. The Bertz CT molecular complexity index is 676. The highest BCUT2D eigenvalue weighted by atomic mass is 19.2. The van der Waals surface area contributed by atoms with E-state index in [2.05, 4.69) is 27.2 Å². The second kappa shape index (κ2) is 6.56. The maximum Gasteiger partial charge on any atom is 0.274 e. The number of carbonyl (C=O) groups excluding carboxylic acids is 1. The second-order valence-corrected chi connectivity index (χ2v) is 4.04. The summed E-state index contributed by atoms with van der Waals surface area (Å²) < 4.78 is 25.9. The molecule has 0 saturated carbocycles. The lowest BCUT2D eigenvalue weighted by atomic mass is 10.3. The van der Waals surface area contributed by atoms with Crippen LogP contribution in [0.15, 0.2) is 43.2 Å². The number of hydrogen-bond acceptors (Lipinski definition) is 4. The molecule has 1 aromatic carbocycles. The molecule has 0 unspecified atom stereocenters. The van der Waals surface area contributed by atoms with E-state index in [4.69, 9.17) is 0 Å². The number of anilines is 2. The highest BCUT2D eigenvalue weighted by molar-refractivity contribution is 6.03. The molecule has 0 aliphatic rings. The van der Waals surface area contributed by atoms with Gasteiger partial charge in [0.1, 0.15) is 17.8 Å². The SMILES string of the molecule is C=CCNc1cc(C(=O)Nc2ccc(F)c(F)c2)ncn1. The first-order chi connectivity index (χ1) is 10.1. The molecule has 1 heterocycles. The Labute approximate surface area is 119 Å². The van der Waals surface area contributed by atoms with Gasteiger partial charge < -0.3 is 10.6 Å². The van der Waals surface area contributed by atoms with Gasteiger partial charge >= 0.3 is 0 Å². The van der Waals surface area contributed by atoms with E-state index in [1.165, 1.54) is 18.5 Å². The van der Waals surface area contributed by atoms with Gasteiger partial charge in [-0.15, -0.1) is 6.58 Å². The molecule has 2 rings (SSSR count). The van der Waals surface area contributed by atoms with E-state index in [9.17, 15) is 13.6 Å². The highest BCUT2D eigenvalue weighted by Gasteiger charge is 2.10. The number of hydrogen-bond donors (Lipinski definition) is 2. The van der Waals surface area contributed by atoms with Crippen LogP contribution < -0.4 is 10.6 Å². The minimum absolute atomic E-state index is 0.0984. The molecule has 108 valence electrons. The average Bonchev–Trinajstić information content (AvgIpc) is 2.49. The first-order valence-corrected chi connectivity index (χ1v) is 6.03. The molecule has 0 bridgehead atoms. The van der Waals surface area contributed by atoms with Crippen molar-refractivity contribution in [2.24, 2.45) is 0 Å². The van der Waals surface area contributed by atoms with Gasteiger partial charge in [-0.2, -0.15) is 0 Å². The van der Waals surface area contributed by atoms with Crippen molar-refractivity contribution in [2.45, 2.75) is 0 Å². The molecule has 21 heavy (non-hydrogen) atoms. The summed E-state index contributed by atoms with van der Waals surface area (Å²) in [5.74, 6) is -2.11. The molecule has 1 aromatic heterocycles. The van der Waals surface area contributed by atoms with E-state index in [-0.39, 0.29) is 11.4 Å². The normalized spacial score (nSPS) is 10.0. The number of carbonyl (C=O) groups is 1. The first kappa shape index (κ1) is 14.6. The van der Waals surface area contributed by atoms with Crippen LogP contribution in [-0.2, 0) is 0 Å². The Kier molecular flexibility index (Phi) is 4.55. The Hall–Kier alpha value is -2.83. The van der Waals surface area contributed by atoms with Crippen LogP contribution in [0.5, 0.6) is 0 Å². The molecule has 0 atom stereocenters. The molecule has 2 N–H and O–H groups in total. The summed E-state index contributed by atoms with van der Waals surface area (Å²) in [5.41, 5.74) is 0.236. The third-order valence-electron chi connectivity index (χ3n) is 2.50. The maximum atomic E-state index is 13.1. The minimum atomic E-state index is -1.04. The van der Waals surface area contributed by atoms with Crippen molar-refractivity contribution >= 4 is 17.4 Å². The lowest BCUT2D eigenvalue weighted by molar-refractivity contribution is 0.102. The summed E-state index contributed by atoms with van der Waals surface area (Å²) in [7, 11) is 0. The zero-order chi connectivity index (χ0) is 15.2. The zero-order valence-corrected chi connectivity index (χ0v) is 10.9. The van der Waals surface area contributed by atoms with E-state index >= 15 is 0 Å². The number of rotatable bonds is 5. The van der Waals surface area contributed by atoms with E-state index in [1.807, 2.05) is 0 Å². The first-order valence-electron chi connectivity index (χ1n) is 6.03. The Balaban J connectivity index is 2.12. The summed E-state index contributed by atoms with van der Waals surface area (Å²) >= 11 is 0. The summed E-state index contributed by atoms with van der Waals surface area (Å²) in [4.78, 5) is 19.7. The summed E-state index contributed by atoms with van der Waals surface area (Å²) in [6, 6.07) is 4.53. The highest BCUT2D eigenvalue weighted by Crippen LogP contribution is 2.14. The van der Waals surface area contributed by atoms with Gasteiger partial charge in [-0.25, -0.2) is 18.7 Å². The van der Waals surface area contributed by atoms with Gasteiger partial charge in [0, 0.05) is 24.4 Å². The third-order valence-corrected chi connectivity index (χ3v) is 2.50. The molecular formula is C14H12F2N4O. The number of nitrogens with zero attached hydrogens (tertiary/aromatic N) is 2. The smallest absolute Gasteiger partial charge is 0.274 e. The standard InChI is InChI=1S/C14H12F2N4O/c1-2-5-17-13-7-12(18-8-19-13)14(21)20-9-3-4-10(15)11(16)6-9/h2-4,6-8H,1,5H2,(H,20,21)(H,17,18,19). The lowest BCUT2D eigenvalue weighted by Crippen LogP contribution is -2.15. The molecule has 0 radical (unpaired) electrons. The van der Waals surface area contributed by atoms with Gasteiger partial charge in [-0.05, 0) is 12.1 Å². The number of halogens is 2. The maximum absolute atomic E-state index is 13.1. The van der Waals surface area contributed by atoms with Crippen LogP contribution in [0.25, 0.3) is 0 Å². The van der Waals surface area contributed by atoms with E-state index in [0.29, 0.717) is 12.4 Å². The van der Waals surface area contributed by atoms with Crippen LogP contribution in [0.1, 0.15) is 10.5 Å². The molecule has 2 aromatic rings. The molecule has 0 aliphatic carbocycles. The predicted octanol–water partition coefficient (Wildman–Crippen LogP) is 2.61. The van der Waals surface area contributed by atoms with Crippen molar-refractivity contribution in [1.29, 1.82) is 0 Å². The van der Waals surface area contributed by atoms with Crippen molar-refractivity contribution in [3.05, 3.63) is 60.6 Å². The number of nitrogens with one attached hydrogen (secondary N) is 2. The fraction of sp³-hybridized carbons (Fsp3) is 0.0714. The van der Waals surface area contributed by atoms with Gasteiger partial charge in [-0.3, -0.25) is 4.79 Å². The molecular weight excluding hydrogens is 278 g/mol. The van der Waals surface area contributed by atoms with Crippen LogP contribution in [0.4, 0.5) is 20.3 Å². The molecule has 0 aliphatic heterocycles. The molecule has 1 amide bonds. The van der Waals surface area contributed by atoms with Crippen LogP contribution in [0.2, 0.25) is 0 Å². The van der Waals surface area contributed by atoms with Crippen LogP contribution in [-0.4, -0.2) is 22.4 Å². The van der Waals surface area contributed by atoms with Crippen LogP contribution in [0.3, 0.4) is 0 Å². The fourth-order valence-corrected chi connectivity index (χ4v) is 1.52. The largest absolute Gasteiger partial charge is 0.366 e. The Morgan fingerprint density at radius 1 is 1.24 bits per heavy atom. The molecule has 0 saturated heterocycles. The van der Waals surface area contributed by atoms with E-state index < -0.39 is 17.5 Å².